The van der Waals surface area contributed by atoms with Crippen molar-refractivity contribution in [3.05, 3.63) is 27.7 Å². The van der Waals surface area contributed by atoms with Gasteiger partial charge < -0.3 is 10.4 Å². The molecule has 0 aliphatic heterocycles. The van der Waals surface area contributed by atoms with E-state index in [4.69, 9.17) is 5.11 Å². The summed E-state index contributed by atoms with van der Waals surface area (Å²) >= 11 is 3.50. The lowest BCUT2D eigenvalue weighted by Crippen LogP contribution is -2.05. The van der Waals surface area contributed by atoms with Gasteiger partial charge in [0.1, 0.15) is 0 Å². The van der Waals surface area contributed by atoms with Crippen molar-refractivity contribution in [2.45, 2.75) is 13.8 Å². The van der Waals surface area contributed by atoms with E-state index in [1.807, 2.05) is 0 Å². The van der Waals surface area contributed by atoms with Gasteiger partial charge in [-0.15, -0.1) is 0 Å². The first-order valence-corrected chi connectivity index (χ1v) is 5.06. The molecule has 0 aliphatic rings. The van der Waals surface area contributed by atoms with Gasteiger partial charge in [0, 0.05) is 16.7 Å². The van der Waals surface area contributed by atoms with Crippen molar-refractivity contribution in [3.63, 3.8) is 0 Å². The van der Waals surface area contributed by atoms with E-state index < -0.39 is 0 Å². The van der Waals surface area contributed by atoms with Gasteiger partial charge in [0.2, 0.25) is 0 Å². The summed E-state index contributed by atoms with van der Waals surface area (Å²) in [5.74, 6) is 0. The number of halogens is 1. The molecule has 0 heterocycles. The molecule has 0 fully saturated rings. The van der Waals surface area contributed by atoms with Crippen molar-refractivity contribution in [2.75, 3.05) is 18.5 Å². The highest BCUT2D eigenvalue weighted by Crippen LogP contribution is 2.24. The molecule has 3 heteroatoms. The number of benzene rings is 1. The molecule has 0 atom stereocenters. The predicted octanol–water partition coefficient (Wildman–Crippen LogP) is 2.47. The van der Waals surface area contributed by atoms with Crippen molar-refractivity contribution in [1.29, 1.82) is 0 Å². The Morgan fingerprint density at radius 3 is 2.31 bits per heavy atom. The number of aliphatic hydroxyl groups excluding tert-OH is 1. The summed E-state index contributed by atoms with van der Waals surface area (Å²) in [6, 6.07) is 4.12. The van der Waals surface area contributed by atoms with Crippen LogP contribution in [0.4, 0.5) is 5.69 Å². The number of hydrogen-bond donors (Lipinski definition) is 2. The number of rotatable bonds is 3. The summed E-state index contributed by atoms with van der Waals surface area (Å²) < 4.78 is 1.15. The van der Waals surface area contributed by atoms with E-state index in [9.17, 15) is 0 Å². The minimum absolute atomic E-state index is 0.161. The molecule has 0 amide bonds. The van der Waals surface area contributed by atoms with Crippen LogP contribution in [0.5, 0.6) is 0 Å². The van der Waals surface area contributed by atoms with Crippen LogP contribution in [-0.2, 0) is 0 Å². The topological polar surface area (TPSA) is 32.3 Å². The van der Waals surface area contributed by atoms with Crippen LogP contribution < -0.4 is 5.32 Å². The van der Waals surface area contributed by atoms with E-state index in [-0.39, 0.29) is 6.61 Å². The number of hydrogen-bond acceptors (Lipinski definition) is 2. The van der Waals surface area contributed by atoms with Gasteiger partial charge >= 0.3 is 0 Å². The van der Waals surface area contributed by atoms with Crippen LogP contribution in [0, 0.1) is 13.8 Å². The third kappa shape index (κ3) is 2.71. The van der Waals surface area contributed by atoms with E-state index in [2.05, 4.69) is 47.2 Å². The van der Waals surface area contributed by atoms with Gasteiger partial charge in [-0.1, -0.05) is 15.9 Å². The van der Waals surface area contributed by atoms with E-state index in [1.54, 1.807) is 0 Å². The molecule has 1 aromatic rings. The Labute approximate surface area is 87.1 Å². The van der Waals surface area contributed by atoms with Gasteiger partial charge in [-0.05, 0) is 37.1 Å². The van der Waals surface area contributed by atoms with Crippen molar-refractivity contribution < 1.29 is 5.11 Å². The second kappa shape index (κ2) is 4.63. The summed E-state index contributed by atoms with van der Waals surface area (Å²) in [7, 11) is 0. The van der Waals surface area contributed by atoms with Crippen LogP contribution in [-0.4, -0.2) is 18.3 Å². The molecule has 0 bridgehead atoms. The standard InChI is InChI=1S/C10H14BrNO/c1-7-5-9(12-3-4-13)6-8(2)10(7)11/h5-6,12-13H,3-4H2,1-2H3. The second-order valence-corrected chi connectivity index (χ2v) is 3.87. The molecule has 0 aromatic heterocycles. The average Bonchev–Trinajstić information content (AvgIpc) is 2.10. The molecule has 2 nitrogen and oxygen atoms in total. The second-order valence-electron chi connectivity index (χ2n) is 3.07. The van der Waals surface area contributed by atoms with Crippen LogP contribution >= 0.6 is 15.9 Å². The van der Waals surface area contributed by atoms with E-state index >= 15 is 0 Å². The van der Waals surface area contributed by atoms with Gasteiger partial charge in [-0.25, -0.2) is 0 Å². The maximum Gasteiger partial charge on any atom is 0.0604 e. The third-order valence-electron chi connectivity index (χ3n) is 1.88. The zero-order valence-electron chi connectivity index (χ0n) is 7.89. The fourth-order valence-electron chi connectivity index (χ4n) is 1.25. The molecule has 72 valence electrons. The zero-order valence-corrected chi connectivity index (χ0v) is 9.48. The van der Waals surface area contributed by atoms with E-state index in [0.29, 0.717) is 6.54 Å². The molecule has 0 spiro atoms. The summed E-state index contributed by atoms with van der Waals surface area (Å²) in [6.07, 6.45) is 0. The van der Waals surface area contributed by atoms with E-state index in [0.717, 1.165) is 10.2 Å². The average molecular weight is 244 g/mol. The first-order chi connectivity index (χ1) is 6.15. The highest BCUT2D eigenvalue weighted by atomic mass is 79.9. The molecule has 13 heavy (non-hydrogen) atoms. The van der Waals surface area contributed by atoms with Crippen molar-refractivity contribution >= 4 is 21.6 Å². The Bertz CT molecular complexity index is 276. The molecule has 0 radical (unpaired) electrons. The largest absolute Gasteiger partial charge is 0.395 e. The smallest absolute Gasteiger partial charge is 0.0604 e. The van der Waals surface area contributed by atoms with Crippen molar-refractivity contribution in [2.24, 2.45) is 0 Å². The maximum atomic E-state index is 8.65. The Balaban J connectivity index is 2.86. The minimum Gasteiger partial charge on any atom is -0.395 e. The van der Waals surface area contributed by atoms with E-state index in [1.165, 1.54) is 11.1 Å². The Kier molecular flexibility index (Phi) is 3.75. The summed E-state index contributed by atoms with van der Waals surface area (Å²) in [6.45, 7) is 4.87. The fourth-order valence-corrected chi connectivity index (χ4v) is 1.48. The maximum absolute atomic E-state index is 8.65. The van der Waals surface area contributed by atoms with Crippen LogP contribution in [0.1, 0.15) is 11.1 Å². The Morgan fingerprint density at radius 2 is 1.85 bits per heavy atom. The molecule has 1 rings (SSSR count). The monoisotopic (exact) mass is 243 g/mol. The highest BCUT2D eigenvalue weighted by molar-refractivity contribution is 9.10. The Morgan fingerprint density at radius 1 is 1.31 bits per heavy atom. The molecule has 2 N–H and O–H groups in total. The molecule has 1 aromatic carbocycles. The fraction of sp³-hybridized carbons (Fsp3) is 0.400. The Hall–Kier alpha value is -0.540. The zero-order chi connectivity index (χ0) is 9.84. The SMILES string of the molecule is Cc1cc(NCCO)cc(C)c1Br. The number of aryl methyl sites for hydroxylation is 2. The van der Waals surface area contributed by atoms with Crippen molar-refractivity contribution in [1.82, 2.24) is 0 Å². The predicted molar refractivity (Wildman–Crippen MR) is 59.2 cm³/mol. The molecule has 0 saturated heterocycles. The van der Waals surface area contributed by atoms with Gasteiger partial charge in [0.15, 0.2) is 0 Å². The summed E-state index contributed by atoms with van der Waals surface area (Å²) in [5, 5.41) is 11.8. The van der Waals surface area contributed by atoms with Crippen molar-refractivity contribution in [3.8, 4) is 0 Å². The first-order valence-electron chi connectivity index (χ1n) is 4.26. The van der Waals surface area contributed by atoms with Crippen LogP contribution in [0.3, 0.4) is 0 Å². The van der Waals surface area contributed by atoms with Gasteiger partial charge in [-0.3, -0.25) is 0 Å². The number of anilines is 1. The van der Waals surface area contributed by atoms with Gasteiger partial charge in [-0.2, -0.15) is 0 Å². The lowest BCUT2D eigenvalue weighted by atomic mass is 10.1. The summed E-state index contributed by atoms with van der Waals surface area (Å²) in [4.78, 5) is 0. The number of aliphatic hydroxyl groups is 1. The summed E-state index contributed by atoms with van der Waals surface area (Å²) in [5.41, 5.74) is 3.48. The van der Waals surface area contributed by atoms with Gasteiger partial charge in [0.25, 0.3) is 0 Å². The highest BCUT2D eigenvalue weighted by Gasteiger charge is 2.00. The first kappa shape index (κ1) is 10.5. The third-order valence-corrected chi connectivity index (χ3v) is 3.13. The normalized spacial score (nSPS) is 10.2. The molecule has 0 aliphatic carbocycles. The van der Waals surface area contributed by atoms with Crippen LogP contribution in [0.2, 0.25) is 0 Å². The quantitative estimate of drug-likeness (QED) is 0.856. The lowest BCUT2D eigenvalue weighted by Gasteiger charge is -2.09. The minimum atomic E-state index is 0.161. The molecule has 0 unspecified atom stereocenters. The van der Waals surface area contributed by atoms with Crippen LogP contribution in [0.15, 0.2) is 16.6 Å². The molecule has 0 saturated carbocycles. The molecular formula is C10H14BrNO. The lowest BCUT2D eigenvalue weighted by molar-refractivity contribution is 0.311. The van der Waals surface area contributed by atoms with Crippen LogP contribution in [0.25, 0.3) is 0 Å². The molecular weight excluding hydrogens is 230 g/mol. The van der Waals surface area contributed by atoms with Gasteiger partial charge in [0.05, 0.1) is 6.61 Å². The number of nitrogens with one attached hydrogen (secondary N) is 1.